The first-order valence-corrected chi connectivity index (χ1v) is 22.9. The second-order valence-corrected chi connectivity index (χ2v) is 17.8. The van der Waals surface area contributed by atoms with Crippen molar-refractivity contribution in [2.75, 3.05) is 0 Å². The third-order valence-corrected chi connectivity index (χ3v) is 14.0. The zero-order valence-corrected chi connectivity index (χ0v) is 35.9. The third-order valence-electron chi connectivity index (χ3n) is 14.0. The first-order chi connectivity index (χ1) is 32.7. The fourth-order valence-electron chi connectivity index (χ4n) is 10.8. The standard InChI is InChI=1S/C61H40N4O/c1-2-12-37(13-3-1)38-22-25-41(26-23-38)59-62-60(45-28-30-48-44(32-45)27-24-39-14-6-8-18-47(39)48)64-61(63-59)46-34-51-50-20-10-11-21-56(50)66-58(51)55(36-46)65-53-31-29-40-15-7-9-19-49(40)57(53)52-33-42-16-4-5-17-43(42)35-54(52)65/h1-9,11-19,21-33,35-36,46H,10,20,34H2. The van der Waals surface area contributed by atoms with Gasteiger partial charge in [0.25, 0.3) is 0 Å². The summed E-state index contributed by atoms with van der Waals surface area (Å²) < 4.78 is 9.45. The molecule has 0 saturated heterocycles. The van der Waals surface area contributed by atoms with Gasteiger partial charge in [0.2, 0.25) is 0 Å². The van der Waals surface area contributed by atoms with Gasteiger partial charge in [0.15, 0.2) is 17.4 Å². The van der Waals surface area contributed by atoms with Gasteiger partial charge in [0.05, 0.1) is 16.7 Å². The zero-order chi connectivity index (χ0) is 43.3. The maximum atomic E-state index is 7.00. The van der Waals surface area contributed by atoms with Crippen molar-refractivity contribution in [3.63, 3.8) is 0 Å². The Labute approximate surface area is 380 Å². The minimum Gasteiger partial charge on any atom is -0.455 e. The lowest BCUT2D eigenvalue weighted by Gasteiger charge is -2.23. The molecule has 0 radical (unpaired) electrons. The Kier molecular flexibility index (Phi) is 8.17. The average Bonchev–Trinajstić information content (AvgIpc) is 3.93. The Balaban J connectivity index is 1.01. The first kappa shape index (κ1) is 37.0. The number of benzene rings is 9. The van der Waals surface area contributed by atoms with E-state index in [1.807, 2.05) is 0 Å². The van der Waals surface area contributed by atoms with E-state index < -0.39 is 0 Å². The number of nitrogens with zero attached hydrogens (tertiary/aromatic N) is 4. The van der Waals surface area contributed by atoms with E-state index in [4.69, 9.17) is 19.4 Å². The van der Waals surface area contributed by atoms with Gasteiger partial charge in [-0.2, -0.15) is 0 Å². The van der Waals surface area contributed by atoms with Gasteiger partial charge in [-0.1, -0.05) is 164 Å². The number of rotatable bonds is 5. The Morgan fingerprint density at radius 1 is 0.470 bits per heavy atom. The van der Waals surface area contributed by atoms with Gasteiger partial charge < -0.3 is 8.98 Å². The van der Waals surface area contributed by atoms with Crippen LogP contribution in [0.2, 0.25) is 0 Å². The van der Waals surface area contributed by atoms with E-state index in [2.05, 4.69) is 205 Å². The van der Waals surface area contributed by atoms with Gasteiger partial charge in [0.1, 0.15) is 11.6 Å². The summed E-state index contributed by atoms with van der Waals surface area (Å²) in [5, 5.41) is 12.1. The number of allylic oxidation sites excluding steroid dienone is 2. The van der Waals surface area contributed by atoms with Crippen molar-refractivity contribution in [2.45, 2.75) is 25.2 Å². The average molecular weight is 845 g/mol. The summed E-state index contributed by atoms with van der Waals surface area (Å²) in [6, 6.07) is 65.4. The highest BCUT2D eigenvalue weighted by atomic mass is 16.3. The van der Waals surface area contributed by atoms with Gasteiger partial charge in [-0.15, -0.1) is 0 Å². The van der Waals surface area contributed by atoms with Crippen molar-refractivity contribution in [3.05, 3.63) is 223 Å². The van der Waals surface area contributed by atoms with E-state index in [0.29, 0.717) is 18.1 Å². The zero-order valence-electron chi connectivity index (χ0n) is 35.9. The maximum absolute atomic E-state index is 7.00. The van der Waals surface area contributed by atoms with Crippen molar-refractivity contribution < 1.29 is 4.42 Å². The van der Waals surface area contributed by atoms with Gasteiger partial charge in [-0.05, 0) is 110 Å². The molecule has 0 saturated carbocycles. The molecule has 2 aliphatic carbocycles. The molecule has 66 heavy (non-hydrogen) atoms. The molecule has 0 spiro atoms. The lowest BCUT2D eigenvalue weighted by Crippen LogP contribution is -2.16. The third kappa shape index (κ3) is 5.83. The molecule has 12 aromatic rings. The lowest BCUT2D eigenvalue weighted by molar-refractivity contribution is 0.527. The summed E-state index contributed by atoms with van der Waals surface area (Å²) in [5.74, 6) is 3.75. The Bertz CT molecular complexity index is 4020. The van der Waals surface area contributed by atoms with Crippen LogP contribution in [0.15, 0.2) is 199 Å². The second-order valence-electron chi connectivity index (χ2n) is 17.8. The van der Waals surface area contributed by atoms with Crippen LogP contribution in [0.1, 0.15) is 40.8 Å². The normalized spacial score (nSPS) is 14.7. The fraction of sp³-hybridized carbons (Fsp3) is 0.0656. The smallest absolute Gasteiger partial charge is 0.163 e. The van der Waals surface area contributed by atoms with Crippen molar-refractivity contribution in [1.29, 1.82) is 0 Å². The van der Waals surface area contributed by atoms with Crippen molar-refractivity contribution >= 4 is 76.7 Å². The van der Waals surface area contributed by atoms with E-state index in [-0.39, 0.29) is 5.92 Å². The summed E-state index contributed by atoms with van der Waals surface area (Å²) in [7, 11) is 0. The van der Waals surface area contributed by atoms with Crippen LogP contribution in [0.5, 0.6) is 0 Å². The van der Waals surface area contributed by atoms with E-state index in [9.17, 15) is 0 Å². The molecule has 3 aromatic heterocycles. The van der Waals surface area contributed by atoms with Crippen LogP contribution in [0.4, 0.5) is 0 Å². The largest absolute Gasteiger partial charge is 0.455 e. The fourth-order valence-corrected chi connectivity index (χ4v) is 10.8. The highest BCUT2D eigenvalue weighted by Gasteiger charge is 2.33. The highest BCUT2D eigenvalue weighted by molar-refractivity contribution is 6.24. The van der Waals surface area contributed by atoms with Crippen LogP contribution in [0.25, 0.3) is 111 Å². The summed E-state index contributed by atoms with van der Waals surface area (Å²) in [6.45, 7) is 0. The molecule has 2 aliphatic rings. The van der Waals surface area contributed by atoms with E-state index in [0.717, 1.165) is 69.0 Å². The molecule has 0 N–H and O–H groups in total. The molecular formula is C61H40N4O. The molecule has 3 heterocycles. The van der Waals surface area contributed by atoms with Gasteiger partial charge in [-0.3, -0.25) is 0 Å². The van der Waals surface area contributed by atoms with Gasteiger partial charge in [0, 0.05) is 38.9 Å². The molecule has 1 unspecified atom stereocenters. The second kappa shape index (κ2) is 14.6. The van der Waals surface area contributed by atoms with Crippen LogP contribution < -0.4 is 0 Å². The molecular weight excluding hydrogens is 805 g/mol. The monoisotopic (exact) mass is 844 g/mol. The molecule has 5 heteroatoms. The quantitative estimate of drug-likeness (QED) is 0.162. The Hall–Kier alpha value is -8.41. The minimum absolute atomic E-state index is 0.179. The molecule has 310 valence electrons. The van der Waals surface area contributed by atoms with Crippen LogP contribution in [-0.2, 0) is 12.8 Å². The molecule has 0 aliphatic heterocycles. The minimum atomic E-state index is -0.179. The van der Waals surface area contributed by atoms with Crippen molar-refractivity contribution in [3.8, 4) is 33.9 Å². The maximum Gasteiger partial charge on any atom is 0.163 e. The van der Waals surface area contributed by atoms with Crippen LogP contribution >= 0.6 is 0 Å². The van der Waals surface area contributed by atoms with Crippen molar-refractivity contribution in [2.24, 2.45) is 0 Å². The van der Waals surface area contributed by atoms with Gasteiger partial charge in [-0.25, -0.2) is 15.0 Å². The number of hydrogen-bond acceptors (Lipinski definition) is 4. The first-order valence-electron chi connectivity index (χ1n) is 22.9. The number of hydrogen-bond donors (Lipinski definition) is 0. The number of furan rings is 1. The summed E-state index contributed by atoms with van der Waals surface area (Å²) >= 11 is 0. The van der Waals surface area contributed by atoms with Crippen LogP contribution in [-0.4, -0.2) is 19.5 Å². The van der Waals surface area contributed by atoms with Crippen LogP contribution in [0, 0.1) is 0 Å². The Morgan fingerprint density at radius 2 is 1.11 bits per heavy atom. The molecule has 14 rings (SSSR count). The van der Waals surface area contributed by atoms with Crippen molar-refractivity contribution in [1.82, 2.24) is 19.5 Å². The molecule has 1 atom stereocenters. The predicted molar refractivity (Wildman–Crippen MR) is 271 cm³/mol. The van der Waals surface area contributed by atoms with E-state index in [1.54, 1.807) is 0 Å². The SMILES string of the molecule is C1=Cc2oc3c(c2CC1)CC(c1nc(-c2ccc(-c4ccccc4)cc2)nc(-c2ccc4c(ccc5ccccc54)c2)n1)C=C3n1c2cc3ccccc3cc2c2c3ccccc3ccc21. The molecule has 0 fully saturated rings. The summed E-state index contributed by atoms with van der Waals surface area (Å²) in [6.07, 6.45) is 9.40. The topological polar surface area (TPSA) is 56.7 Å². The van der Waals surface area contributed by atoms with Gasteiger partial charge >= 0.3 is 0 Å². The van der Waals surface area contributed by atoms with Crippen LogP contribution in [0.3, 0.4) is 0 Å². The predicted octanol–water partition coefficient (Wildman–Crippen LogP) is 15.4. The highest BCUT2D eigenvalue weighted by Crippen LogP contribution is 2.46. The number of fused-ring (bicyclic) bond motifs is 12. The van der Waals surface area contributed by atoms with E-state index in [1.165, 1.54) is 65.2 Å². The number of aromatic nitrogens is 4. The lowest BCUT2D eigenvalue weighted by atomic mass is 9.86. The Morgan fingerprint density at radius 3 is 1.94 bits per heavy atom. The summed E-state index contributed by atoms with van der Waals surface area (Å²) in [4.78, 5) is 16.2. The molecule has 0 amide bonds. The molecule has 0 bridgehead atoms. The molecule has 9 aromatic carbocycles. The summed E-state index contributed by atoms with van der Waals surface area (Å²) in [5.41, 5.74) is 10.0. The van der Waals surface area contributed by atoms with E-state index >= 15 is 0 Å². The molecule has 5 nitrogen and oxygen atoms in total.